The summed E-state index contributed by atoms with van der Waals surface area (Å²) in [5.41, 5.74) is 1.19. The molecule has 1 aromatic carbocycles. The molecule has 1 rings (SSSR count). The molecule has 1 aromatic rings. The van der Waals surface area contributed by atoms with Gasteiger partial charge in [0.2, 0.25) is 0 Å². The van der Waals surface area contributed by atoms with Crippen LogP contribution in [-0.4, -0.2) is 30.5 Å². The van der Waals surface area contributed by atoms with Gasteiger partial charge in [-0.1, -0.05) is 6.07 Å². The molecule has 0 aromatic heterocycles. The Kier molecular flexibility index (Phi) is 4.91. The maximum Gasteiger partial charge on any atom is 0.315 e. The summed E-state index contributed by atoms with van der Waals surface area (Å²) in [7, 11) is 1.67. The van der Waals surface area contributed by atoms with E-state index in [0.717, 1.165) is 12.3 Å². The highest BCUT2D eigenvalue weighted by Crippen LogP contribution is 2.32. The number of nitrogens with zero attached hydrogens (tertiary/aromatic N) is 1. The Bertz CT molecular complexity index is 371. The lowest BCUT2D eigenvalue weighted by Crippen LogP contribution is -2.07. The van der Waals surface area contributed by atoms with E-state index in [1.807, 2.05) is 6.26 Å². The molecule has 0 bridgehead atoms. The van der Waals surface area contributed by atoms with Gasteiger partial charge in [0, 0.05) is 19.3 Å². The highest BCUT2D eigenvalue weighted by atomic mass is 32.2. The van der Waals surface area contributed by atoms with Crippen LogP contribution in [0.5, 0.6) is 0 Å². The predicted octanol–water partition coefficient (Wildman–Crippen LogP) is 2.41. The Morgan fingerprint density at radius 3 is 2.69 bits per heavy atom. The molecule has 2 N–H and O–H groups in total. The molecular weight excluding hydrogens is 226 g/mol. The quantitative estimate of drug-likeness (QED) is 0.455. The Labute approximate surface area is 98.8 Å². The molecule has 0 radical (unpaired) electrons. The van der Waals surface area contributed by atoms with E-state index < -0.39 is 0 Å². The van der Waals surface area contributed by atoms with Crippen molar-refractivity contribution in [2.75, 3.05) is 36.2 Å². The zero-order valence-corrected chi connectivity index (χ0v) is 10.1. The second-order valence-electron chi connectivity index (χ2n) is 3.13. The molecule has 0 aliphatic carbocycles. The average Bonchev–Trinajstić information content (AvgIpc) is 2.28. The normalized spacial score (nSPS) is 9.88. The molecular formula is C10H15N3O2S. The van der Waals surface area contributed by atoms with Crippen molar-refractivity contribution in [3.05, 3.63) is 28.3 Å². The first-order valence-corrected chi connectivity index (χ1v) is 6.28. The van der Waals surface area contributed by atoms with Gasteiger partial charge in [0.1, 0.15) is 11.4 Å². The van der Waals surface area contributed by atoms with Gasteiger partial charge >= 0.3 is 5.69 Å². The summed E-state index contributed by atoms with van der Waals surface area (Å²) in [6, 6.07) is 5.21. The van der Waals surface area contributed by atoms with Crippen molar-refractivity contribution < 1.29 is 4.92 Å². The summed E-state index contributed by atoms with van der Waals surface area (Å²) in [6.07, 6.45) is 2.00. The van der Waals surface area contributed by atoms with Gasteiger partial charge < -0.3 is 10.6 Å². The average molecular weight is 241 g/mol. The van der Waals surface area contributed by atoms with E-state index in [4.69, 9.17) is 0 Å². The molecule has 0 amide bonds. The third-order valence-corrected chi connectivity index (χ3v) is 2.72. The maximum absolute atomic E-state index is 11.0. The molecule has 0 aliphatic rings. The monoisotopic (exact) mass is 241 g/mol. The first kappa shape index (κ1) is 12.6. The Balaban J connectivity index is 2.93. The van der Waals surface area contributed by atoms with E-state index in [1.54, 1.807) is 37.0 Å². The summed E-state index contributed by atoms with van der Waals surface area (Å²) >= 11 is 1.70. The fraction of sp³-hybridized carbons (Fsp3) is 0.400. The number of para-hydroxylation sites is 1. The molecule has 0 saturated heterocycles. The second-order valence-corrected chi connectivity index (χ2v) is 4.11. The lowest BCUT2D eigenvalue weighted by atomic mass is 10.2. The molecule has 0 saturated carbocycles. The van der Waals surface area contributed by atoms with Crippen molar-refractivity contribution in [3.8, 4) is 0 Å². The van der Waals surface area contributed by atoms with Crippen LogP contribution in [0.25, 0.3) is 0 Å². The molecule has 0 unspecified atom stereocenters. The van der Waals surface area contributed by atoms with Gasteiger partial charge in [0.15, 0.2) is 0 Å². The minimum atomic E-state index is -0.368. The molecule has 16 heavy (non-hydrogen) atoms. The number of benzene rings is 1. The number of hydrogen-bond acceptors (Lipinski definition) is 5. The topological polar surface area (TPSA) is 67.2 Å². The summed E-state index contributed by atoms with van der Waals surface area (Å²) in [5.74, 6) is 0.918. The van der Waals surface area contributed by atoms with Crippen LogP contribution in [0.3, 0.4) is 0 Å². The molecule has 0 atom stereocenters. The van der Waals surface area contributed by atoms with Crippen molar-refractivity contribution >= 4 is 28.8 Å². The van der Waals surface area contributed by atoms with Gasteiger partial charge in [-0.2, -0.15) is 11.8 Å². The van der Waals surface area contributed by atoms with Crippen molar-refractivity contribution in [2.24, 2.45) is 0 Å². The van der Waals surface area contributed by atoms with Crippen LogP contribution in [0.15, 0.2) is 18.2 Å². The van der Waals surface area contributed by atoms with Crippen LogP contribution in [0, 0.1) is 10.1 Å². The van der Waals surface area contributed by atoms with E-state index >= 15 is 0 Å². The molecule has 0 spiro atoms. The third kappa shape index (κ3) is 3.03. The van der Waals surface area contributed by atoms with Crippen LogP contribution in [0.4, 0.5) is 17.1 Å². The predicted molar refractivity (Wildman–Crippen MR) is 69.5 cm³/mol. The van der Waals surface area contributed by atoms with Crippen LogP contribution < -0.4 is 10.6 Å². The molecule has 5 nitrogen and oxygen atoms in total. The summed E-state index contributed by atoms with van der Waals surface area (Å²) < 4.78 is 0. The van der Waals surface area contributed by atoms with Crippen molar-refractivity contribution in [1.82, 2.24) is 0 Å². The number of rotatable bonds is 6. The van der Waals surface area contributed by atoms with E-state index in [9.17, 15) is 10.1 Å². The first-order valence-electron chi connectivity index (χ1n) is 4.88. The largest absolute Gasteiger partial charge is 0.382 e. The number of thioether (sulfide) groups is 1. The zero-order chi connectivity index (χ0) is 12.0. The van der Waals surface area contributed by atoms with Crippen LogP contribution in [0.1, 0.15) is 0 Å². The van der Waals surface area contributed by atoms with Crippen LogP contribution in [0.2, 0.25) is 0 Å². The van der Waals surface area contributed by atoms with Crippen LogP contribution in [-0.2, 0) is 0 Å². The molecule has 0 aliphatic heterocycles. The lowest BCUT2D eigenvalue weighted by molar-refractivity contribution is -0.383. The second kappa shape index (κ2) is 6.22. The first-order chi connectivity index (χ1) is 7.70. The summed E-state index contributed by atoms with van der Waals surface area (Å²) in [4.78, 5) is 10.6. The van der Waals surface area contributed by atoms with Crippen molar-refractivity contribution in [3.63, 3.8) is 0 Å². The Morgan fingerprint density at radius 2 is 2.12 bits per heavy atom. The molecule has 6 heteroatoms. The Hall–Kier alpha value is -1.43. The van der Waals surface area contributed by atoms with Gasteiger partial charge in [0.25, 0.3) is 0 Å². The van der Waals surface area contributed by atoms with Gasteiger partial charge in [-0.05, 0) is 18.4 Å². The van der Waals surface area contributed by atoms with E-state index in [-0.39, 0.29) is 10.6 Å². The van der Waals surface area contributed by atoms with Gasteiger partial charge in [-0.3, -0.25) is 10.1 Å². The van der Waals surface area contributed by atoms with Crippen molar-refractivity contribution in [1.29, 1.82) is 0 Å². The summed E-state index contributed by atoms with van der Waals surface area (Å²) in [5, 5.41) is 16.8. The number of anilines is 2. The van der Waals surface area contributed by atoms with Gasteiger partial charge in [-0.25, -0.2) is 0 Å². The zero-order valence-electron chi connectivity index (χ0n) is 9.32. The smallest absolute Gasteiger partial charge is 0.315 e. The number of nitrogens with one attached hydrogen (secondary N) is 2. The Morgan fingerprint density at radius 1 is 1.44 bits per heavy atom. The summed E-state index contributed by atoms with van der Waals surface area (Å²) in [6.45, 7) is 0.717. The van der Waals surface area contributed by atoms with Crippen molar-refractivity contribution in [2.45, 2.75) is 0 Å². The highest BCUT2D eigenvalue weighted by Gasteiger charge is 2.18. The minimum Gasteiger partial charge on any atom is -0.382 e. The van der Waals surface area contributed by atoms with E-state index in [0.29, 0.717) is 11.4 Å². The SMILES string of the molecule is CNc1cccc(NCCSC)c1[N+](=O)[O-]. The number of nitro groups is 1. The third-order valence-electron chi connectivity index (χ3n) is 2.11. The van der Waals surface area contributed by atoms with Crippen LogP contribution >= 0.6 is 11.8 Å². The lowest BCUT2D eigenvalue weighted by Gasteiger charge is -2.09. The number of nitro benzene ring substituents is 1. The molecule has 88 valence electrons. The number of hydrogen-bond donors (Lipinski definition) is 2. The maximum atomic E-state index is 11.0. The highest BCUT2D eigenvalue weighted by molar-refractivity contribution is 7.98. The molecule has 0 fully saturated rings. The molecule has 0 heterocycles. The fourth-order valence-corrected chi connectivity index (χ4v) is 1.68. The standard InChI is InChI=1S/C10H15N3O2S/c1-11-8-4-3-5-9(10(8)13(14)15)12-6-7-16-2/h3-5,11-12H,6-7H2,1-2H3. The van der Waals surface area contributed by atoms with E-state index in [2.05, 4.69) is 10.6 Å². The van der Waals surface area contributed by atoms with Gasteiger partial charge in [0.05, 0.1) is 4.92 Å². The van der Waals surface area contributed by atoms with E-state index in [1.165, 1.54) is 0 Å². The van der Waals surface area contributed by atoms with Gasteiger partial charge in [-0.15, -0.1) is 0 Å². The fourth-order valence-electron chi connectivity index (χ4n) is 1.37. The minimum absolute atomic E-state index is 0.103.